The summed E-state index contributed by atoms with van der Waals surface area (Å²) in [7, 11) is 0. The van der Waals surface area contributed by atoms with Gasteiger partial charge in [0.15, 0.2) is 0 Å². The first kappa shape index (κ1) is 38.2. The van der Waals surface area contributed by atoms with Crippen LogP contribution in [0.15, 0.2) is 0 Å². The van der Waals surface area contributed by atoms with Gasteiger partial charge in [0.1, 0.15) is 24.2 Å². The summed E-state index contributed by atoms with van der Waals surface area (Å²) < 4.78 is 0. The number of nitrogens with one attached hydrogen (secondary N) is 4. The minimum Gasteiger partial charge on any atom is -0.481 e. The lowest BCUT2D eigenvalue weighted by Crippen LogP contribution is -2.61. The molecule has 8 unspecified atom stereocenters. The Balaban J connectivity index is 6.01. The Morgan fingerprint density at radius 1 is 0.619 bits per heavy atom. The van der Waals surface area contributed by atoms with E-state index in [0.717, 1.165) is 0 Å². The lowest BCUT2D eigenvalue weighted by atomic mass is 9.98. The molecule has 0 rings (SSSR count). The molecule has 240 valence electrons. The van der Waals surface area contributed by atoms with Crippen molar-refractivity contribution in [2.75, 3.05) is 0 Å². The van der Waals surface area contributed by atoms with Gasteiger partial charge in [-0.3, -0.25) is 28.8 Å². The predicted molar refractivity (Wildman–Crippen MR) is 148 cm³/mol. The number of carboxylic acid groups (broad SMARTS) is 3. The van der Waals surface area contributed by atoms with Crippen LogP contribution in [0.5, 0.6) is 0 Å². The second-order valence-electron chi connectivity index (χ2n) is 10.3. The summed E-state index contributed by atoms with van der Waals surface area (Å²) in [5, 5.41) is 47.0. The number of carbonyl (C=O) groups excluding carboxylic acids is 4. The van der Waals surface area contributed by atoms with E-state index in [1.54, 1.807) is 27.7 Å². The molecule has 16 heteroatoms. The Kier molecular flexibility index (Phi) is 16.9. The van der Waals surface area contributed by atoms with Crippen LogP contribution < -0.4 is 27.0 Å². The summed E-state index contributed by atoms with van der Waals surface area (Å²) in [5.41, 5.74) is 5.89. The molecule has 0 aromatic heterocycles. The highest BCUT2D eigenvalue weighted by Crippen LogP contribution is 2.11. The molecule has 10 N–H and O–H groups in total. The molecule has 8 atom stereocenters. The Hall–Kier alpha value is -3.79. The molecule has 0 saturated heterocycles. The maximum atomic E-state index is 13.2. The minimum absolute atomic E-state index is 0.258. The highest BCUT2D eigenvalue weighted by Gasteiger charge is 2.34. The summed E-state index contributed by atoms with van der Waals surface area (Å²) in [6.07, 6.45) is -2.63. The van der Waals surface area contributed by atoms with E-state index in [0.29, 0.717) is 12.8 Å². The fourth-order valence-electron chi connectivity index (χ4n) is 3.71. The molecule has 0 saturated carbocycles. The Bertz CT molecular complexity index is 974. The third kappa shape index (κ3) is 13.2. The molecule has 0 aromatic rings. The molecule has 0 heterocycles. The fourth-order valence-corrected chi connectivity index (χ4v) is 3.71. The van der Waals surface area contributed by atoms with Crippen LogP contribution in [0.4, 0.5) is 0 Å². The maximum absolute atomic E-state index is 13.2. The van der Waals surface area contributed by atoms with E-state index in [9.17, 15) is 43.8 Å². The van der Waals surface area contributed by atoms with Gasteiger partial charge in [-0.25, -0.2) is 4.79 Å². The van der Waals surface area contributed by atoms with Crippen molar-refractivity contribution in [2.45, 2.75) is 109 Å². The van der Waals surface area contributed by atoms with Crippen LogP contribution in [-0.2, 0) is 33.6 Å². The van der Waals surface area contributed by atoms with Gasteiger partial charge in [-0.2, -0.15) is 0 Å². The number of amides is 4. The van der Waals surface area contributed by atoms with Gasteiger partial charge in [-0.05, 0) is 31.6 Å². The standard InChI is InChI=1S/C26H45N5O11/c1-6-12(3)19(27)24(39)31-21(14(5)32)25(40)29-15(8-10-17(33)34)22(37)28-16(9-11-18(35)36)23(38)30-20(26(41)42)13(4)7-2/h12-16,19-21,32H,6-11,27H2,1-5H3,(H,28,37)(H,29,40)(H,30,38)(H,31,39)(H,33,34)(H,35,36)(H,41,42). The largest absolute Gasteiger partial charge is 0.481 e. The monoisotopic (exact) mass is 603 g/mol. The van der Waals surface area contributed by atoms with Gasteiger partial charge in [0.25, 0.3) is 0 Å². The number of aliphatic hydroxyl groups is 1. The Morgan fingerprint density at radius 2 is 1.02 bits per heavy atom. The van der Waals surface area contributed by atoms with Crippen LogP contribution in [0.1, 0.15) is 73.1 Å². The molecule has 0 aromatic carbocycles. The molecule has 16 nitrogen and oxygen atoms in total. The summed E-state index contributed by atoms with van der Waals surface area (Å²) in [6, 6.07) is -7.07. The molecular formula is C26H45N5O11. The van der Waals surface area contributed by atoms with E-state index in [1.807, 2.05) is 0 Å². The van der Waals surface area contributed by atoms with Gasteiger partial charge in [0.2, 0.25) is 23.6 Å². The van der Waals surface area contributed by atoms with Crippen molar-refractivity contribution < 1.29 is 54.0 Å². The van der Waals surface area contributed by atoms with Gasteiger partial charge in [0.05, 0.1) is 12.1 Å². The highest BCUT2D eigenvalue weighted by molar-refractivity contribution is 5.96. The molecule has 0 aliphatic heterocycles. The molecule has 0 aliphatic carbocycles. The summed E-state index contributed by atoms with van der Waals surface area (Å²) in [4.78, 5) is 85.7. The smallest absolute Gasteiger partial charge is 0.326 e. The zero-order valence-corrected chi connectivity index (χ0v) is 24.6. The maximum Gasteiger partial charge on any atom is 0.326 e. The van der Waals surface area contributed by atoms with Gasteiger partial charge >= 0.3 is 17.9 Å². The predicted octanol–water partition coefficient (Wildman–Crippen LogP) is -1.46. The lowest BCUT2D eigenvalue weighted by molar-refractivity contribution is -0.144. The SMILES string of the molecule is CCC(C)C(N)C(=O)NC(C(=O)NC(CCC(=O)O)C(=O)NC(CCC(=O)O)C(=O)NC(C(=O)O)C(C)CC)C(C)O. The highest BCUT2D eigenvalue weighted by atomic mass is 16.4. The molecule has 0 bridgehead atoms. The first-order chi connectivity index (χ1) is 19.5. The topological polar surface area (TPSA) is 275 Å². The van der Waals surface area contributed by atoms with Gasteiger partial charge in [0, 0.05) is 12.8 Å². The van der Waals surface area contributed by atoms with Crippen molar-refractivity contribution in [3.05, 3.63) is 0 Å². The second kappa shape index (κ2) is 18.6. The van der Waals surface area contributed by atoms with Crippen LogP contribution in [0.25, 0.3) is 0 Å². The van der Waals surface area contributed by atoms with Crippen LogP contribution >= 0.6 is 0 Å². The van der Waals surface area contributed by atoms with E-state index in [1.165, 1.54) is 6.92 Å². The molecule has 4 amide bonds. The lowest BCUT2D eigenvalue weighted by Gasteiger charge is -2.28. The van der Waals surface area contributed by atoms with E-state index >= 15 is 0 Å². The first-order valence-electron chi connectivity index (χ1n) is 13.8. The number of aliphatic carboxylic acids is 3. The Morgan fingerprint density at radius 3 is 1.40 bits per heavy atom. The van der Waals surface area contributed by atoms with E-state index in [2.05, 4.69) is 21.3 Å². The third-order valence-electron chi connectivity index (χ3n) is 6.96. The first-order valence-corrected chi connectivity index (χ1v) is 13.8. The molecule has 42 heavy (non-hydrogen) atoms. The zero-order valence-electron chi connectivity index (χ0n) is 24.6. The van der Waals surface area contributed by atoms with Crippen molar-refractivity contribution in [1.82, 2.24) is 21.3 Å². The molecular weight excluding hydrogens is 558 g/mol. The van der Waals surface area contributed by atoms with Gasteiger partial charge < -0.3 is 47.4 Å². The van der Waals surface area contributed by atoms with Gasteiger partial charge in [-0.15, -0.1) is 0 Å². The van der Waals surface area contributed by atoms with Crippen molar-refractivity contribution in [3.63, 3.8) is 0 Å². The average molecular weight is 604 g/mol. The van der Waals surface area contributed by atoms with Crippen molar-refractivity contribution in [3.8, 4) is 0 Å². The van der Waals surface area contributed by atoms with E-state index < -0.39 is 109 Å². The summed E-state index contributed by atoms with van der Waals surface area (Å²) in [5.74, 6) is -8.58. The number of carbonyl (C=O) groups is 7. The molecule has 0 spiro atoms. The van der Waals surface area contributed by atoms with Crippen LogP contribution in [0.3, 0.4) is 0 Å². The number of hydrogen-bond donors (Lipinski definition) is 9. The quantitative estimate of drug-likeness (QED) is 0.0772. The van der Waals surface area contributed by atoms with E-state index in [4.69, 9.17) is 15.9 Å². The number of aliphatic hydroxyl groups excluding tert-OH is 1. The average Bonchev–Trinajstić information content (AvgIpc) is 2.92. The fraction of sp³-hybridized carbons (Fsp3) is 0.731. The molecule has 0 aliphatic rings. The number of nitrogens with two attached hydrogens (primary N) is 1. The van der Waals surface area contributed by atoms with Crippen molar-refractivity contribution in [2.24, 2.45) is 17.6 Å². The molecule has 0 radical (unpaired) electrons. The number of hydrogen-bond acceptors (Lipinski definition) is 9. The van der Waals surface area contributed by atoms with Crippen molar-refractivity contribution >= 4 is 41.5 Å². The van der Waals surface area contributed by atoms with Crippen LogP contribution in [0.2, 0.25) is 0 Å². The van der Waals surface area contributed by atoms with Crippen LogP contribution in [-0.4, -0.2) is 98.3 Å². The van der Waals surface area contributed by atoms with E-state index in [-0.39, 0.29) is 5.92 Å². The summed E-state index contributed by atoms with van der Waals surface area (Å²) >= 11 is 0. The number of rotatable bonds is 20. The van der Waals surface area contributed by atoms with Gasteiger partial charge in [-0.1, -0.05) is 40.5 Å². The Labute approximate surface area is 244 Å². The zero-order chi connectivity index (χ0) is 32.7. The minimum atomic E-state index is -1.60. The van der Waals surface area contributed by atoms with Crippen molar-refractivity contribution in [1.29, 1.82) is 0 Å². The third-order valence-corrected chi connectivity index (χ3v) is 6.96. The second-order valence-corrected chi connectivity index (χ2v) is 10.3. The normalized spacial score (nSPS) is 16.7. The van der Waals surface area contributed by atoms with Crippen LogP contribution in [0, 0.1) is 11.8 Å². The number of carboxylic acids is 3. The molecule has 0 fully saturated rings. The summed E-state index contributed by atoms with van der Waals surface area (Å²) in [6.45, 7) is 8.00.